The normalized spacial score (nSPS) is 10.7. The van der Waals surface area contributed by atoms with Crippen LogP contribution in [0.25, 0.3) is 0 Å². The van der Waals surface area contributed by atoms with Crippen LogP contribution in [-0.2, 0) is 34.0 Å². The minimum absolute atomic E-state index is 0.00771. The topological polar surface area (TPSA) is 91.8 Å². The fourth-order valence-electron chi connectivity index (χ4n) is 1.87. The highest BCUT2D eigenvalue weighted by atomic mass is 16.6. The van der Waals surface area contributed by atoms with E-state index >= 15 is 0 Å². The number of pyridine rings is 1. The summed E-state index contributed by atoms with van der Waals surface area (Å²) < 4.78 is 14.7. The molecule has 0 fully saturated rings. The Bertz CT molecular complexity index is 483. The number of nitrogens with zero attached hydrogens (tertiary/aromatic N) is 1. The maximum Gasteiger partial charge on any atom is 0.341 e. The van der Waals surface area contributed by atoms with Crippen molar-refractivity contribution in [1.82, 2.24) is 4.98 Å². The molecule has 0 spiro atoms. The summed E-state index contributed by atoms with van der Waals surface area (Å²) in [5, 5.41) is 0. The summed E-state index contributed by atoms with van der Waals surface area (Å²) in [5.41, 5.74) is -2.46. The second-order valence-corrected chi connectivity index (χ2v) is 4.13. The van der Waals surface area contributed by atoms with E-state index in [0.29, 0.717) is 0 Å². The number of carbonyl (C=O) groups excluding carboxylic acids is 3. The SMILES string of the molecule is CCOC(=O)C(C(=O)OCC)(C(=O)OCC)c1ccccn1. The van der Waals surface area contributed by atoms with Crippen molar-refractivity contribution in [3.05, 3.63) is 30.1 Å². The molecule has 0 saturated heterocycles. The molecule has 1 rings (SSSR count). The molecule has 0 radical (unpaired) electrons. The van der Waals surface area contributed by atoms with Crippen LogP contribution in [0.4, 0.5) is 0 Å². The Morgan fingerprint density at radius 2 is 1.36 bits per heavy atom. The van der Waals surface area contributed by atoms with Crippen molar-refractivity contribution in [3.8, 4) is 0 Å². The summed E-state index contributed by atoms with van der Waals surface area (Å²) in [4.78, 5) is 41.3. The van der Waals surface area contributed by atoms with Crippen LogP contribution in [0.3, 0.4) is 0 Å². The zero-order chi connectivity index (χ0) is 16.6. The van der Waals surface area contributed by atoms with Gasteiger partial charge in [-0.05, 0) is 32.9 Å². The largest absolute Gasteiger partial charge is 0.464 e. The van der Waals surface area contributed by atoms with Gasteiger partial charge in [-0.1, -0.05) is 6.07 Å². The van der Waals surface area contributed by atoms with E-state index in [-0.39, 0.29) is 25.5 Å². The van der Waals surface area contributed by atoms with Crippen LogP contribution in [0.15, 0.2) is 24.4 Å². The maximum atomic E-state index is 12.4. The van der Waals surface area contributed by atoms with E-state index in [2.05, 4.69) is 4.98 Å². The van der Waals surface area contributed by atoms with Gasteiger partial charge in [0.1, 0.15) is 0 Å². The molecule has 7 heteroatoms. The van der Waals surface area contributed by atoms with Crippen molar-refractivity contribution in [2.75, 3.05) is 19.8 Å². The van der Waals surface area contributed by atoms with Crippen LogP contribution in [0.2, 0.25) is 0 Å². The number of carbonyl (C=O) groups is 3. The highest BCUT2D eigenvalue weighted by Crippen LogP contribution is 2.28. The average Bonchev–Trinajstić information content (AvgIpc) is 2.50. The molecule has 0 unspecified atom stereocenters. The number of hydrogen-bond acceptors (Lipinski definition) is 7. The molecule has 0 aliphatic rings. The molecule has 1 aromatic heterocycles. The Morgan fingerprint density at radius 3 is 1.68 bits per heavy atom. The van der Waals surface area contributed by atoms with Crippen LogP contribution < -0.4 is 0 Å². The van der Waals surface area contributed by atoms with Gasteiger partial charge in [-0.3, -0.25) is 4.98 Å². The van der Waals surface area contributed by atoms with Gasteiger partial charge in [-0.2, -0.15) is 0 Å². The maximum absolute atomic E-state index is 12.4. The monoisotopic (exact) mass is 309 g/mol. The third-order valence-corrected chi connectivity index (χ3v) is 2.79. The lowest BCUT2D eigenvalue weighted by atomic mass is 9.83. The lowest BCUT2D eigenvalue weighted by Crippen LogP contribution is -2.54. The van der Waals surface area contributed by atoms with Crippen molar-refractivity contribution >= 4 is 17.9 Å². The zero-order valence-electron chi connectivity index (χ0n) is 12.8. The van der Waals surface area contributed by atoms with E-state index in [9.17, 15) is 14.4 Å². The Kier molecular flexibility index (Phi) is 6.49. The van der Waals surface area contributed by atoms with Crippen LogP contribution in [0.5, 0.6) is 0 Å². The first-order chi connectivity index (χ1) is 10.5. The lowest BCUT2D eigenvalue weighted by Gasteiger charge is -2.26. The third kappa shape index (κ3) is 3.24. The molecule has 0 bridgehead atoms. The van der Waals surface area contributed by atoms with Gasteiger partial charge >= 0.3 is 23.3 Å². The van der Waals surface area contributed by atoms with Crippen LogP contribution in [0, 0.1) is 0 Å². The molecule has 120 valence electrons. The van der Waals surface area contributed by atoms with E-state index in [1.54, 1.807) is 32.9 Å². The molecule has 0 aliphatic carbocycles. The first-order valence-electron chi connectivity index (χ1n) is 6.98. The highest BCUT2D eigenvalue weighted by Gasteiger charge is 2.60. The van der Waals surface area contributed by atoms with E-state index in [4.69, 9.17) is 14.2 Å². The molecule has 0 aromatic carbocycles. The van der Waals surface area contributed by atoms with Crippen molar-refractivity contribution in [1.29, 1.82) is 0 Å². The number of hydrogen-bond donors (Lipinski definition) is 0. The van der Waals surface area contributed by atoms with Crippen molar-refractivity contribution in [2.24, 2.45) is 0 Å². The van der Waals surface area contributed by atoms with Gasteiger partial charge in [0.05, 0.1) is 25.5 Å². The molecular weight excluding hydrogens is 290 g/mol. The van der Waals surface area contributed by atoms with Crippen molar-refractivity contribution in [2.45, 2.75) is 26.2 Å². The molecule has 0 atom stereocenters. The van der Waals surface area contributed by atoms with Crippen LogP contribution in [0.1, 0.15) is 26.5 Å². The van der Waals surface area contributed by atoms with Gasteiger partial charge in [0.15, 0.2) is 0 Å². The fourth-order valence-corrected chi connectivity index (χ4v) is 1.87. The fraction of sp³-hybridized carbons (Fsp3) is 0.467. The summed E-state index contributed by atoms with van der Waals surface area (Å²) in [7, 11) is 0. The van der Waals surface area contributed by atoms with Gasteiger partial charge in [0, 0.05) is 6.20 Å². The van der Waals surface area contributed by atoms with Crippen LogP contribution >= 0.6 is 0 Å². The predicted octanol–water partition coefficient (Wildman–Crippen LogP) is 1.01. The molecule has 1 aromatic rings. The van der Waals surface area contributed by atoms with Crippen molar-refractivity contribution < 1.29 is 28.6 Å². The first kappa shape index (κ1) is 17.6. The Hall–Kier alpha value is -2.44. The molecule has 0 aliphatic heterocycles. The Balaban J connectivity index is 3.52. The minimum Gasteiger partial charge on any atom is -0.464 e. The molecule has 7 nitrogen and oxygen atoms in total. The molecule has 1 heterocycles. The second kappa shape index (κ2) is 8.11. The van der Waals surface area contributed by atoms with E-state index in [1.165, 1.54) is 12.3 Å². The summed E-state index contributed by atoms with van der Waals surface area (Å²) in [6, 6.07) is 4.52. The molecule has 0 amide bonds. The lowest BCUT2D eigenvalue weighted by molar-refractivity contribution is -0.176. The quantitative estimate of drug-likeness (QED) is 0.421. The molecule has 22 heavy (non-hydrogen) atoms. The highest BCUT2D eigenvalue weighted by molar-refractivity contribution is 6.23. The first-order valence-corrected chi connectivity index (χ1v) is 6.98. The number of rotatable bonds is 7. The summed E-state index contributed by atoms with van der Waals surface area (Å²) in [6.07, 6.45) is 1.36. The third-order valence-electron chi connectivity index (χ3n) is 2.79. The zero-order valence-corrected chi connectivity index (χ0v) is 12.8. The Labute approximate surface area is 128 Å². The number of esters is 3. The summed E-state index contributed by atoms with van der Waals surface area (Å²) in [6.45, 7) is 4.68. The smallest absolute Gasteiger partial charge is 0.341 e. The van der Waals surface area contributed by atoms with E-state index < -0.39 is 23.3 Å². The van der Waals surface area contributed by atoms with Gasteiger partial charge in [0.25, 0.3) is 0 Å². The molecule has 0 N–H and O–H groups in total. The van der Waals surface area contributed by atoms with Gasteiger partial charge in [0.2, 0.25) is 0 Å². The summed E-state index contributed by atoms with van der Waals surface area (Å²) >= 11 is 0. The van der Waals surface area contributed by atoms with E-state index in [1.807, 2.05) is 0 Å². The summed E-state index contributed by atoms with van der Waals surface area (Å²) in [5.74, 6) is -3.19. The average molecular weight is 309 g/mol. The Morgan fingerprint density at radius 1 is 0.909 bits per heavy atom. The minimum atomic E-state index is -2.37. The second-order valence-electron chi connectivity index (χ2n) is 4.13. The molecular formula is C15H19NO6. The van der Waals surface area contributed by atoms with Crippen molar-refractivity contribution in [3.63, 3.8) is 0 Å². The standard InChI is InChI=1S/C15H19NO6/c1-4-20-12(17)15(13(18)21-5-2,14(19)22-6-3)11-9-7-8-10-16-11/h7-10H,4-6H2,1-3H3. The van der Waals surface area contributed by atoms with Gasteiger partial charge in [-0.25, -0.2) is 14.4 Å². The predicted molar refractivity (Wildman–Crippen MR) is 75.8 cm³/mol. The number of ether oxygens (including phenoxy) is 3. The van der Waals surface area contributed by atoms with Crippen LogP contribution in [-0.4, -0.2) is 42.7 Å². The van der Waals surface area contributed by atoms with E-state index in [0.717, 1.165) is 0 Å². The molecule has 0 saturated carbocycles. The van der Waals surface area contributed by atoms with Gasteiger partial charge in [-0.15, -0.1) is 0 Å². The van der Waals surface area contributed by atoms with Gasteiger partial charge < -0.3 is 14.2 Å². The number of aromatic nitrogens is 1.